The van der Waals surface area contributed by atoms with Gasteiger partial charge in [0, 0.05) is 45.8 Å². The largest absolute Gasteiger partial charge is 0.468 e. The second-order valence-electron chi connectivity index (χ2n) is 7.63. The molecule has 30 heavy (non-hydrogen) atoms. The van der Waals surface area contributed by atoms with Crippen molar-refractivity contribution in [2.24, 2.45) is 0 Å². The van der Waals surface area contributed by atoms with Gasteiger partial charge in [0.25, 0.3) is 0 Å². The fourth-order valence-corrected chi connectivity index (χ4v) is 4.11. The fraction of sp³-hybridized carbons (Fsp3) is 0.500. The molecule has 162 valence electrons. The van der Waals surface area contributed by atoms with Crippen LogP contribution in [0, 0.1) is 5.82 Å². The normalized spacial score (nSPS) is 19.1. The maximum absolute atomic E-state index is 14.0. The maximum Gasteiger partial charge on any atom is 0.236 e. The molecular formula is C22H29FN4O3. The van der Waals surface area contributed by atoms with Crippen molar-refractivity contribution in [3.05, 3.63) is 54.2 Å². The summed E-state index contributed by atoms with van der Waals surface area (Å²) in [6, 6.07) is 10.7. The Bertz CT molecular complexity index is 802. The first-order chi connectivity index (χ1) is 14.7. The number of morpholine rings is 1. The summed E-state index contributed by atoms with van der Waals surface area (Å²) >= 11 is 0. The number of nitrogens with zero attached hydrogens (tertiary/aromatic N) is 3. The molecular weight excluding hydrogens is 387 g/mol. The third-order valence-corrected chi connectivity index (χ3v) is 5.80. The summed E-state index contributed by atoms with van der Waals surface area (Å²) < 4.78 is 25.1. The van der Waals surface area contributed by atoms with E-state index in [1.807, 2.05) is 28.0 Å². The zero-order chi connectivity index (χ0) is 20.8. The Balaban J connectivity index is 1.25. The van der Waals surface area contributed by atoms with Crippen LogP contribution in [0.2, 0.25) is 0 Å². The lowest BCUT2D eigenvalue weighted by atomic mass is 10.1. The molecule has 7 nitrogen and oxygen atoms in total. The van der Waals surface area contributed by atoms with Crippen molar-refractivity contribution in [1.82, 2.24) is 15.1 Å². The van der Waals surface area contributed by atoms with Gasteiger partial charge in [0.15, 0.2) is 0 Å². The molecule has 0 bridgehead atoms. The topological polar surface area (TPSA) is 61.2 Å². The van der Waals surface area contributed by atoms with E-state index in [1.54, 1.807) is 18.4 Å². The molecule has 1 unspecified atom stereocenters. The van der Waals surface area contributed by atoms with E-state index in [9.17, 15) is 9.18 Å². The Kier molecular flexibility index (Phi) is 6.99. The van der Waals surface area contributed by atoms with Crippen molar-refractivity contribution >= 4 is 11.6 Å². The molecule has 0 aliphatic carbocycles. The molecule has 2 saturated heterocycles. The number of anilines is 1. The molecule has 2 aliphatic rings. The quantitative estimate of drug-likeness (QED) is 0.742. The minimum atomic E-state index is -0.217. The van der Waals surface area contributed by atoms with E-state index in [0.29, 0.717) is 51.6 Å². The Morgan fingerprint density at radius 2 is 1.80 bits per heavy atom. The number of rotatable bonds is 7. The predicted octanol–water partition coefficient (Wildman–Crippen LogP) is 1.73. The van der Waals surface area contributed by atoms with Gasteiger partial charge in [-0.3, -0.25) is 9.69 Å². The van der Waals surface area contributed by atoms with Crippen LogP contribution in [0.1, 0.15) is 11.8 Å². The van der Waals surface area contributed by atoms with Crippen molar-refractivity contribution in [3.63, 3.8) is 0 Å². The van der Waals surface area contributed by atoms with Gasteiger partial charge in [-0.1, -0.05) is 12.1 Å². The van der Waals surface area contributed by atoms with Gasteiger partial charge in [-0.15, -0.1) is 0 Å². The Morgan fingerprint density at radius 1 is 1.03 bits per heavy atom. The van der Waals surface area contributed by atoms with Gasteiger partial charge in [0.05, 0.1) is 37.8 Å². The van der Waals surface area contributed by atoms with Crippen molar-refractivity contribution in [2.75, 3.05) is 70.5 Å². The monoisotopic (exact) mass is 416 g/mol. The summed E-state index contributed by atoms with van der Waals surface area (Å²) in [7, 11) is 0. The molecule has 0 radical (unpaired) electrons. The molecule has 2 aromatic rings. The van der Waals surface area contributed by atoms with E-state index >= 15 is 0 Å². The molecule has 1 aromatic heterocycles. The van der Waals surface area contributed by atoms with Crippen LogP contribution in [-0.4, -0.2) is 81.3 Å². The summed E-state index contributed by atoms with van der Waals surface area (Å²) in [5.41, 5.74) is 0.606. The number of carbonyl (C=O) groups is 1. The highest BCUT2D eigenvalue weighted by Crippen LogP contribution is 2.22. The molecule has 1 N–H and O–H groups in total. The number of hydrogen-bond acceptors (Lipinski definition) is 6. The first-order valence-corrected chi connectivity index (χ1v) is 10.6. The summed E-state index contributed by atoms with van der Waals surface area (Å²) in [4.78, 5) is 18.8. The number of furan rings is 1. The Labute approximate surface area is 176 Å². The highest BCUT2D eigenvalue weighted by molar-refractivity contribution is 5.78. The van der Waals surface area contributed by atoms with E-state index in [1.165, 1.54) is 6.07 Å². The van der Waals surface area contributed by atoms with Crippen LogP contribution in [0.4, 0.5) is 10.1 Å². The van der Waals surface area contributed by atoms with Gasteiger partial charge in [0.1, 0.15) is 11.6 Å². The number of piperazine rings is 1. The second-order valence-corrected chi connectivity index (χ2v) is 7.63. The molecule has 1 amide bonds. The van der Waals surface area contributed by atoms with Crippen molar-refractivity contribution in [3.8, 4) is 0 Å². The van der Waals surface area contributed by atoms with Crippen molar-refractivity contribution < 1.29 is 18.3 Å². The first-order valence-electron chi connectivity index (χ1n) is 10.6. The average molecular weight is 416 g/mol. The van der Waals surface area contributed by atoms with Crippen LogP contribution in [-0.2, 0) is 9.53 Å². The van der Waals surface area contributed by atoms with E-state index in [-0.39, 0.29) is 24.3 Å². The molecule has 0 saturated carbocycles. The average Bonchev–Trinajstić information content (AvgIpc) is 3.32. The van der Waals surface area contributed by atoms with Crippen LogP contribution < -0.4 is 10.2 Å². The Morgan fingerprint density at radius 3 is 2.50 bits per heavy atom. The number of benzene rings is 1. The lowest BCUT2D eigenvalue weighted by molar-refractivity contribution is -0.130. The smallest absolute Gasteiger partial charge is 0.236 e. The van der Waals surface area contributed by atoms with E-state index in [4.69, 9.17) is 9.15 Å². The first kappa shape index (κ1) is 20.8. The number of para-hydroxylation sites is 1. The maximum atomic E-state index is 14.0. The van der Waals surface area contributed by atoms with Crippen molar-refractivity contribution in [2.45, 2.75) is 6.04 Å². The van der Waals surface area contributed by atoms with Crippen LogP contribution in [0.3, 0.4) is 0 Å². The van der Waals surface area contributed by atoms with E-state index in [2.05, 4.69) is 10.2 Å². The molecule has 1 atom stereocenters. The van der Waals surface area contributed by atoms with Gasteiger partial charge >= 0.3 is 0 Å². The zero-order valence-electron chi connectivity index (χ0n) is 17.1. The standard InChI is InChI=1S/C22H29FN4O3/c23-18-4-1-2-5-19(18)25-7-9-27(10-8-25)22(28)17-24-16-20(21-6-3-13-30-21)26-11-14-29-15-12-26/h1-6,13,20,24H,7-12,14-17H2. The minimum absolute atomic E-state index is 0.0726. The van der Waals surface area contributed by atoms with Gasteiger partial charge < -0.3 is 24.3 Å². The molecule has 8 heteroatoms. The minimum Gasteiger partial charge on any atom is -0.468 e. The molecule has 0 spiro atoms. The van der Waals surface area contributed by atoms with Crippen LogP contribution in [0.25, 0.3) is 0 Å². The van der Waals surface area contributed by atoms with Gasteiger partial charge in [0.2, 0.25) is 5.91 Å². The van der Waals surface area contributed by atoms with Gasteiger partial charge in [-0.2, -0.15) is 0 Å². The summed E-state index contributed by atoms with van der Waals surface area (Å²) in [6.07, 6.45) is 1.68. The summed E-state index contributed by atoms with van der Waals surface area (Å²) in [5.74, 6) is 0.754. The highest BCUT2D eigenvalue weighted by atomic mass is 19.1. The number of halogens is 1. The third-order valence-electron chi connectivity index (χ3n) is 5.80. The van der Waals surface area contributed by atoms with Gasteiger partial charge in [-0.05, 0) is 24.3 Å². The second kappa shape index (κ2) is 10.1. The molecule has 2 fully saturated rings. The van der Waals surface area contributed by atoms with Crippen LogP contribution in [0.15, 0.2) is 47.1 Å². The lowest BCUT2D eigenvalue weighted by Gasteiger charge is -2.36. The summed E-state index contributed by atoms with van der Waals surface area (Å²) in [5, 5.41) is 3.31. The van der Waals surface area contributed by atoms with Gasteiger partial charge in [-0.25, -0.2) is 4.39 Å². The number of ether oxygens (including phenoxy) is 1. The molecule has 3 heterocycles. The van der Waals surface area contributed by atoms with Crippen LogP contribution >= 0.6 is 0 Å². The predicted molar refractivity (Wildman–Crippen MR) is 112 cm³/mol. The third kappa shape index (κ3) is 5.00. The highest BCUT2D eigenvalue weighted by Gasteiger charge is 2.26. The molecule has 4 rings (SSSR count). The number of hydrogen-bond donors (Lipinski definition) is 1. The van der Waals surface area contributed by atoms with E-state index in [0.717, 1.165) is 18.8 Å². The molecule has 1 aromatic carbocycles. The number of amides is 1. The Hall–Kier alpha value is -2.42. The number of carbonyl (C=O) groups excluding carboxylic acids is 1. The lowest BCUT2D eigenvalue weighted by Crippen LogP contribution is -2.51. The summed E-state index contributed by atoms with van der Waals surface area (Å²) in [6.45, 7) is 6.49. The van der Waals surface area contributed by atoms with E-state index < -0.39 is 0 Å². The fourth-order valence-electron chi connectivity index (χ4n) is 4.11. The SMILES string of the molecule is O=C(CNCC(c1ccco1)N1CCOCC1)N1CCN(c2ccccc2F)CC1. The van der Waals surface area contributed by atoms with Crippen LogP contribution in [0.5, 0.6) is 0 Å². The number of nitrogens with one attached hydrogen (secondary N) is 1. The molecule has 2 aliphatic heterocycles. The van der Waals surface area contributed by atoms with Crippen molar-refractivity contribution in [1.29, 1.82) is 0 Å². The zero-order valence-corrected chi connectivity index (χ0v) is 17.1.